The van der Waals surface area contributed by atoms with Crippen molar-refractivity contribution in [2.45, 2.75) is 133 Å². The Morgan fingerprint density at radius 2 is 0.803 bits per heavy atom. The van der Waals surface area contributed by atoms with Crippen molar-refractivity contribution in [3.05, 3.63) is 244 Å². The van der Waals surface area contributed by atoms with Gasteiger partial charge in [-0.15, -0.1) is 0 Å². The lowest BCUT2D eigenvalue weighted by atomic mass is 9.96. The number of amides is 2. The first-order valence-electron chi connectivity index (χ1n) is 45.1. The molecule has 9 aliphatic rings. The van der Waals surface area contributed by atoms with Crippen molar-refractivity contribution in [1.82, 2.24) is 54.4 Å². The maximum Gasteiger partial charge on any atom is 0.410 e. The van der Waals surface area contributed by atoms with Crippen LogP contribution >= 0.6 is 0 Å². The monoisotopic (exact) mass is 1810 g/mol. The third-order valence-electron chi connectivity index (χ3n) is 26.8. The number of carbonyl (C=O) groups excluding carboxylic acids is 2. The molecule has 19 rings (SSSR count). The second-order valence-electron chi connectivity index (χ2n) is 35.7. The number of likely N-dealkylation sites (tertiary alicyclic amines) is 3. The maximum absolute atomic E-state index is 14.1. The molecule has 0 spiro atoms. The smallest absolute Gasteiger partial charge is 0.410 e. The van der Waals surface area contributed by atoms with Crippen molar-refractivity contribution in [1.29, 1.82) is 0 Å². The molecule has 7 aromatic carbocycles. The molecule has 0 radical (unpaired) electrons. The van der Waals surface area contributed by atoms with E-state index in [1.165, 1.54) is 22.5 Å². The summed E-state index contributed by atoms with van der Waals surface area (Å²) in [5.74, 6) is -5.77. The number of hydrogen-bond acceptors (Lipinski definition) is 21. The molecule has 26 nitrogen and oxygen atoms in total. The molecule has 0 unspecified atom stereocenters. The van der Waals surface area contributed by atoms with Crippen molar-refractivity contribution >= 4 is 78.8 Å². The van der Waals surface area contributed by atoms with E-state index in [4.69, 9.17) is 68.6 Å². The van der Waals surface area contributed by atoms with E-state index in [0.717, 1.165) is 136 Å². The molecule has 6 fully saturated rings. The fourth-order valence-corrected chi connectivity index (χ4v) is 20.1. The van der Waals surface area contributed by atoms with Crippen LogP contribution in [0.2, 0.25) is 0 Å². The third kappa shape index (κ3) is 21.0. The Morgan fingerprint density at radius 3 is 1.18 bits per heavy atom. The summed E-state index contributed by atoms with van der Waals surface area (Å²) in [5, 5.41) is 7.04. The molecule has 0 saturated carbocycles. The molecule has 2 amide bonds. The van der Waals surface area contributed by atoms with Crippen molar-refractivity contribution in [3.8, 4) is 18.0 Å². The van der Waals surface area contributed by atoms with Gasteiger partial charge in [0.2, 0.25) is 25.5 Å². The number of piperazine rings is 2. The van der Waals surface area contributed by atoms with Gasteiger partial charge in [0.05, 0.1) is 56.4 Å². The zero-order chi connectivity index (χ0) is 91.1. The molecule has 3 aromatic heterocycles. The van der Waals surface area contributed by atoms with E-state index in [0.29, 0.717) is 90.0 Å². The van der Waals surface area contributed by atoms with Gasteiger partial charge in [0.1, 0.15) is 56.0 Å². The Balaban J connectivity index is 0.000000152. The average molecular weight is 1810 g/mol. The van der Waals surface area contributed by atoms with Gasteiger partial charge in [-0.05, 0) is 99.2 Å². The molecule has 692 valence electrons. The lowest BCUT2D eigenvalue weighted by Gasteiger charge is -2.41. The van der Waals surface area contributed by atoms with Gasteiger partial charge < -0.3 is 67.8 Å². The topological polar surface area (TPSA) is 197 Å². The molecule has 9 aliphatic heterocycles. The average Bonchev–Trinajstić information content (AvgIpc) is 1.65. The van der Waals surface area contributed by atoms with Gasteiger partial charge in [-0.1, -0.05) is 154 Å². The lowest BCUT2D eigenvalue weighted by Crippen LogP contribution is -2.57. The predicted molar refractivity (Wildman–Crippen MR) is 502 cm³/mol. The molecular weight excluding hydrogens is 1690 g/mol. The molecule has 6 saturated heterocycles. The van der Waals surface area contributed by atoms with Gasteiger partial charge in [0.25, 0.3) is 17.8 Å². The standard InChI is InChI=1S/C37H39F2N7O3.C32H35F2N7O2.C30H34F2N6O.CH4.H2/c1-40-20-29-21-45(17-18-46(29)36(47)49-23-26-9-4-3-5-10-26)34-31-15-16-44(33-14-8-12-27-11-6-7-13-30(27)33)22-32(31)41-35(42-34)48-24-28-19-37(38,39)25-43(28)2;1-4-29(42)41-15-14-40(18-24(41)17-35-2)30-26-12-13-39(28-11-7-9-22-8-5-6-10-25(22)28)19-27(26)36-31(37-30)43-20-23-16-32(33,34)21-38(23)3;1-33-16-21-7-6-13-38(17-21)28-25-12-14-37(27-11-5-9-22-8-3-4-10-24(22)27)18-26(25)34-29(35-28)39-19-23-15-30(31,32)20-36(23)2;;/h3-14,28-29H,15-25H2,2H3;4-11,23-24H,1,12-21H2,3H3;3-5,8-11,21,23H,6-7,12-20H2,2H3;1H4;1H/t28-,29-;23-,24-;21-,23-;;/m000../s1/i;;;;1+1. The second-order valence-corrected chi connectivity index (χ2v) is 35.7. The highest BCUT2D eigenvalue weighted by Gasteiger charge is 2.47. The number of halogens is 6. The molecule has 132 heavy (non-hydrogen) atoms. The quantitative estimate of drug-likeness (QED) is 0.0374. The number of nitrogens with zero attached hydrogens (tertiary/aromatic N) is 20. The van der Waals surface area contributed by atoms with Crippen LogP contribution in [0.5, 0.6) is 18.0 Å². The summed E-state index contributed by atoms with van der Waals surface area (Å²) < 4.78 is 108. The number of rotatable bonds is 21. The SMILES string of the molecule is C.[2HH].[C-]#[N+]C[C@@H]1CCCN(c2nc(OC[C@@H]3CC(F)(F)CN3C)nc3c2CCN(c2cccc4ccccc24)C3)C1.[C-]#[N+]C[C@H]1CN(c2nc(OC[C@@H]3CC(F)(F)CN3C)nc3c2CCN(c2cccc4ccccc24)C3)CCN1C(=O)C=C.[C-]#[N+]C[C@H]1CN(c2nc(OC[C@@H]3CC(F)(F)CN3C)nc3c2CCN(c2cccc4ccccc24)C3)CCN1C(=O)OCc1ccccc1. The Labute approximate surface area is 768 Å². The summed E-state index contributed by atoms with van der Waals surface area (Å²) in [7, 11) is 5.07. The molecule has 0 aliphatic carbocycles. The van der Waals surface area contributed by atoms with Crippen LogP contribution in [0.3, 0.4) is 0 Å². The highest BCUT2D eigenvalue weighted by atomic mass is 19.3. The Hall–Kier alpha value is -12.8. The summed E-state index contributed by atoms with van der Waals surface area (Å²) in [6, 6.07) is 51.9. The summed E-state index contributed by atoms with van der Waals surface area (Å²) in [4.78, 5) is 87.4. The van der Waals surface area contributed by atoms with Gasteiger partial charge in [-0.3, -0.25) is 24.4 Å². The number of hydrogen-bond donors (Lipinski definition) is 0. The summed E-state index contributed by atoms with van der Waals surface area (Å²) in [6.45, 7) is 34.7. The zero-order valence-corrected chi connectivity index (χ0v) is 74.0. The molecule has 6 atom stereocenters. The van der Waals surface area contributed by atoms with E-state index in [-0.39, 0.29) is 123 Å². The number of benzene rings is 7. The zero-order valence-electron chi connectivity index (χ0n) is 74.0. The normalized spacial score (nSPS) is 21.6. The Kier molecular flexibility index (Phi) is 28.4. The van der Waals surface area contributed by atoms with E-state index in [9.17, 15) is 35.9 Å². The molecule has 10 aromatic rings. The number of anilines is 6. The van der Waals surface area contributed by atoms with Crippen LogP contribution < -0.4 is 43.6 Å². The van der Waals surface area contributed by atoms with Gasteiger partial charge in [-0.25, -0.2) is 50.9 Å². The largest absolute Gasteiger partial charge is 0.462 e. The summed E-state index contributed by atoms with van der Waals surface area (Å²) in [5.41, 5.74) is 10.0. The van der Waals surface area contributed by atoms with E-state index in [1.807, 2.05) is 54.6 Å². The number of fused-ring (bicyclic) bond motifs is 6. The van der Waals surface area contributed by atoms with Crippen LogP contribution in [0.25, 0.3) is 46.9 Å². The van der Waals surface area contributed by atoms with Gasteiger partial charge >= 0.3 is 24.1 Å². The minimum atomic E-state index is -2.76. The maximum atomic E-state index is 14.1. The van der Waals surface area contributed by atoms with E-state index < -0.39 is 42.0 Å². The first kappa shape index (κ1) is 92.4. The van der Waals surface area contributed by atoms with Crippen LogP contribution in [0, 0.1) is 25.6 Å². The molecular formula is C100H114F6N20O6. The fourth-order valence-electron chi connectivity index (χ4n) is 20.1. The highest BCUT2D eigenvalue weighted by molar-refractivity contribution is 5.96. The Bertz CT molecular complexity index is 5940. The fraction of sp³-hybridized carbons (Fsp3) is 0.450. The van der Waals surface area contributed by atoms with E-state index in [1.54, 1.807) is 45.6 Å². The van der Waals surface area contributed by atoms with Crippen LogP contribution in [0.4, 0.5) is 65.7 Å². The highest BCUT2D eigenvalue weighted by Crippen LogP contribution is 2.42. The third-order valence-corrected chi connectivity index (χ3v) is 26.8. The predicted octanol–water partition coefficient (Wildman–Crippen LogP) is 15.6. The van der Waals surface area contributed by atoms with Crippen LogP contribution in [-0.4, -0.2) is 267 Å². The lowest BCUT2D eigenvalue weighted by molar-refractivity contribution is -0.128. The second kappa shape index (κ2) is 40.5. The van der Waals surface area contributed by atoms with Gasteiger partial charge in [0.15, 0.2) is 0 Å². The van der Waals surface area contributed by atoms with Gasteiger partial charge in [-0.2, -0.15) is 29.9 Å². The minimum absolute atomic E-state index is 0. The Morgan fingerprint density at radius 1 is 0.439 bits per heavy atom. The molecule has 12 heterocycles. The number of likely N-dealkylation sites (N-methyl/N-ethyl adjacent to an activating group) is 3. The first-order valence-corrected chi connectivity index (χ1v) is 45.1. The van der Waals surface area contributed by atoms with Crippen molar-refractivity contribution < 1.29 is 56.3 Å². The number of aromatic nitrogens is 6. The summed E-state index contributed by atoms with van der Waals surface area (Å²) >= 11 is 0. The van der Waals surface area contributed by atoms with Crippen molar-refractivity contribution in [2.75, 3.05) is 182 Å². The van der Waals surface area contributed by atoms with Crippen LogP contribution in [0.15, 0.2) is 170 Å². The van der Waals surface area contributed by atoms with Crippen LogP contribution in [0.1, 0.15) is 80.3 Å². The van der Waals surface area contributed by atoms with Crippen molar-refractivity contribution in [2.24, 2.45) is 5.92 Å². The summed E-state index contributed by atoms with van der Waals surface area (Å²) in [6.07, 6.45) is 4.31. The molecule has 0 bridgehead atoms. The number of piperidine rings is 1. The number of alkyl halides is 6. The van der Waals surface area contributed by atoms with Gasteiger partial charge in [0, 0.05) is 167 Å². The number of carbonyl (C=O) groups is 2. The van der Waals surface area contributed by atoms with E-state index in [2.05, 4.69) is 154 Å². The minimum Gasteiger partial charge on any atom is -0.462 e. The number of ether oxygens (including phenoxy) is 4. The first-order chi connectivity index (χ1) is 63.4. The molecule has 32 heteroatoms. The van der Waals surface area contributed by atoms with Crippen molar-refractivity contribution in [3.63, 3.8) is 0 Å². The van der Waals surface area contributed by atoms with E-state index >= 15 is 0 Å². The van der Waals surface area contributed by atoms with Crippen LogP contribution in [-0.2, 0) is 55.0 Å². The molecule has 0 N–H and O–H groups in total.